The highest BCUT2D eigenvalue weighted by atomic mass is 14.9. The Bertz CT molecular complexity index is 264. The molecule has 16 heavy (non-hydrogen) atoms. The Morgan fingerprint density at radius 1 is 1.00 bits per heavy atom. The molecular formula is C14H22N2. The number of hydrogen-bond acceptors (Lipinski definition) is 2. The maximum absolute atomic E-state index is 8.53. The summed E-state index contributed by atoms with van der Waals surface area (Å²) in [4.78, 5) is 0. The Morgan fingerprint density at radius 3 is 2.19 bits per heavy atom. The number of unbranched alkanes of at least 4 members (excludes halogenated alkanes) is 1. The van der Waals surface area contributed by atoms with Crippen molar-refractivity contribution in [1.82, 2.24) is 5.32 Å². The highest BCUT2D eigenvalue weighted by Crippen LogP contribution is 2.53. The number of rotatable bonds is 4. The Labute approximate surface area is 98.4 Å². The van der Waals surface area contributed by atoms with Crippen molar-refractivity contribution in [2.45, 2.75) is 51.0 Å². The van der Waals surface area contributed by atoms with Crippen molar-refractivity contribution in [2.24, 2.45) is 23.7 Å². The molecule has 0 amide bonds. The molecular weight excluding hydrogens is 196 g/mol. The molecule has 0 heterocycles. The first-order valence-corrected chi connectivity index (χ1v) is 6.97. The van der Waals surface area contributed by atoms with Gasteiger partial charge in [0.2, 0.25) is 0 Å². The highest BCUT2D eigenvalue weighted by molar-refractivity contribution is 5.01. The van der Waals surface area contributed by atoms with E-state index in [9.17, 15) is 0 Å². The lowest BCUT2D eigenvalue weighted by molar-refractivity contribution is -0.0135. The fourth-order valence-corrected chi connectivity index (χ4v) is 4.69. The first-order chi connectivity index (χ1) is 7.86. The summed E-state index contributed by atoms with van der Waals surface area (Å²) in [5.41, 5.74) is 0. The van der Waals surface area contributed by atoms with Gasteiger partial charge in [-0.15, -0.1) is 0 Å². The van der Waals surface area contributed by atoms with Gasteiger partial charge in [-0.3, -0.25) is 0 Å². The van der Waals surface area contributed by atoms with E-state index in [1.165, 1.54) is 32.1 Å². The minimum Gasteiger partial charge on any atom is -0.313 e. The van der Waals surface area contributed by atoms with Crippen LogP contribution >= 0.6 is 0 Å². The molecule has 0 unspecified atom stereocenters. The minimum absolute atomic E-state index is 0.709. The molecule has 0 aromatic rings. The molecule has 4 rings (SSSR count). The van der Waals surface area contributed by atoms with Crippen LogP contribution in [0.15, 0.2) is 0 Å². The zero-order valence-electron chi connectivity index (χ0n) is 9.99. The van der Waals surface area contributed by atoms with Crippen molar-refractivity contribution < 1.29 is 0 Å². The summed E-state index contributed by atoms with van der Waals surface area (Å²) < 4.78 is 0. The Balaban J connectivity index is 1.54. The van der Waals surface area contributed by atoms with Gasteiger partial charge < -0.3 is 5.32 Å². The largest absolute Gasteiger partial charge is 0.313 e. The lowest BCUT2D eigenvalue weighted by Gasteiger charge is -2.54. The zero-order chi connectivity index (χ0) is 11.0. The van der Waals surface area contributed by atoms with Crippen molar-refractivity contribution >= 4 is 0 Å². The van der Waals surface area contributed by atoms with Crippen molar-refractivity contribution in [2.75, 3.05) is 6.54 Å². The van der Waals surface area contributed by atoms with Crippen LogP contribution in [0.3, 0.4) is 0 Å². The van der Waals surface area contributed by atoms with Gasteiger partial charge in [-0.25, -0.2) is 0 Å². The maximum Gasteiger partial charge on any atom is 0.0622 e. The monoisotopic (exact) mass is 218 g/mol. The molecule has 4 aliphatic carbocycles. The van der Waals surface area contributed by atoms with E-state index < -0.39 is 0 Å². The van der Waals surface area contributed by atoms with E-state index in [0.29, 0.717) is 6.42 Å². The van der Waals surface area contributed by atoms with Gasteiger partial charge in [0.15, 0.2) is 0 Å². The molecule has 4 saturated carbocycles. The van der Waals surface area contributed by atoms with E-state index in [1.807, 2.05) is 0 Å². The molecule has 2 heteroatoms. The topological polar surface area (TPSA) is 35.8 Å². The van der Waals surface area contributed by atoms with E-state index in [-0.39, 0.29) is 0 Å². The summed E-state index contributed by atoms with van der Waals surface area (Å²) in [6.45, 7) is 1.06. The van der Waals surface area contributed by atoms with Crippen molar-refractivity contribution in [3.8, 4) is 6.07 Å². The highest BCUT2D eigenvalue weighted by Gasteiger charge is 2.47. The van der Waals surface area contributed by atoms with E-state index in [4.69, 9.17) is 5.26 Å². The number of nitrogens with zero attached hydrogens (tertiary/aromatic N) is 1. The Morgan fingerprint density at radius 2 is 1.62 bits per heavy atom. The van der Waals surface area contributed by atoms with Gasteiger partial charge in [0.05, 0.1) is 6.07 Å². The molecule has 88 valence electrons. The van der Waals surface area contributed by atoms with Gasteiger partial charge in [0.25, 0.3) is 0 Å². The Kier molecular flexibility index (Phi) is 2.90. The van der Waals surface area contributed by atoms with Gasteiger partial charge in [0.1, 0.15) is 0 Å². The SMILES string of the molecule is N#CCCCNC1C2CC3CC(C2)CC1C3. The third-order valence-corrected chi connectivity index (χ3v) is 5.07. The lowest BCUT2D eigenvalue weighted by Crippen LogP contribution is -2.54. The standard InChI is InChI=1S/C14H22N2/c15-3-1-2-4-16-14-12-6-10-5-11(8-12)9-13(14)7-10/h10-14,16H,1-2,4-9H2. The minimum atomic E-state index is 0.709. The molecule has 0 radical (unpaired) electrons. The van der Waals surface area contributed by atoms with Crippen LogP contribution in [0.4, 0.5) is 0 Å². The van der Waals surface area contributed by atoms with Crippen LogP contribution in [0, 0.1) is 35.0 Å². The van der Waals surface area contributed by atoms with E-state index in [0.717, 1.165) is 42.7 Å². The summed E-state index contributed by atoms with van der Waals surface area (Å²) >= 11 is 0. The first-order valence-electron chi connectivity index (χ1n) is 6.97. The second-order valence-electron chi connectivity index (χ2n) is 6.17. The quantitative estimate of drug-likeness (QED) is 0.736. The molecule has 0 aromatic carbocycles. The van der Waals surface area contributed by atoms with Gasteiger partial charge in [-0.2, -0.15) is 5.26 Å². The summed E-state index contributed by atoms with van der Waals surface area (Å²) in [5.74, 6) is 4.08. The van der Waals surface area contributed by atoms with Crippen LogP contribution in [0.25, 0.3) is 0 Å². The van der Waals surface area contributed by atoms with Crippen LogP contribution in [0.5, 0.6) is 0 Å². The van der Waals surface area contributed by atoms with Crippen molar-refractivity contribution in [1.29, 1.82) is 5.26 Å². The van der Waals surface area contributed by atoms with Crippen LogP contribution in [-0.4, -0.2) is 12.6 Å². The van der Waals surface area contributed by atoms with Crippen LogP contribution in [0.1, 0.15) is 44.9 Å². The Hall–Kier alpha value is -0.550. The third-order valence-electron chi connectivity index (χ3n) is 5.07. The molecule has 0 spiro atoms. The molecule has 0 saturated heterocycles. The fourth-order valence-electron chi connectivity index (χ4n) is 4.69. The summed E-state index contributed by atoms with van der Waals surface area (Å²) in [7, 11) is 0. The average Bonchev–Trinajstić information content (AvgIpc) is 2.26. The maximum atomic E-state index is 8.53. The molecule has 0 aromatic heterocycles. The van der Waals surface area contributed by atoms with Crippen molar-refractivity contribution in [3.05, 3.63) is 0 Å². The molecule has 1 N–H and O–H groups in total. The fraction of sp³-hybridized carbons (Fsp3) is 0.929. The van der Waals surface area contributed by atoms with Crippen molar-refractivity contribution in [3.63, 3.8) is 0 Å². The number of nitrogens with one attached hydrogen (secondary N) is 1. The normalized spacial score (nSPS) is 44.6. The van der Waals surface area contributed by atoms with Crippen LogP contribution < -0.4 is 5.32 Å². The smallest absolute Gasteiger partial charge is 0.0622 e. The van der Waals surface area contributed by atoms with Crippen LogP contribution in [-0.2, 0) is 0 Å². The summed E-state index contributed by atoms with van der Waals surface area (Å²) in [6, 6.07) is 3.03. The predicted molar refractivity (Wildman–Crippen MR) is 63.7 cm³/mol. The molecule has 4 aliphatic rings. The summed E-state index contributed by atoms with van der Waals surface area (Å²) in [6.07, 6.45) is 9.23. The van der Waals surface area contributed by atoms with Gasteiger partial charge >= 0.3 is 0 Å². The second-order valence-corrected chi connectivity index (χ2v) is 6.17. The molecule has 0 atom stereocenters. The summed E-state index contributed by atoms with van der Waals surface area (Å²) in [5, 5.41) is 12.3. The van der Waals surface area contributed by atoms with E-state index in [2.05, 4.69) is 11.4 Å². The van der Waals surface area contributed by atoms with E-state index >= 15 is 0 Å². The first kappa shape index (κ1) is 10.6. The molecule has 4 bridgehead atoms. The molecule has 2 nitrogen and oxygen atoms in total. The lowest BCUT2D eigenvalue weighted by atomic mass is 9.54. The van der Waals surface area contributed by atoms with Gasteiger partial charge in [-0.1, -0.05) is 0 Å². The van der Waals surface area contributed by atoms with Crippen LogP contribution in [0.2, 0.25) is 0 Å². The predicted octanol–water partition coefficient (Wildman–Crippen LogP) is 2.70. The van der Waals surface area contributed by atoms with Gasteiger partial charge in [0, 0.05) is 12.5 Å². The zero-order valence-corrected chi connectivity index (χ0v) is 9.99. The number of hydrogen-bond donors (Lipinski definition) is 1. The molecule has 0 aliphatic heterocycles. The third kappa shape index (κ3) is 1.86. The number of nitriles is 1. The second kappa shape index (κ2) is 4.37. The average molecular weight is 218 g/mol. The van der Waals surface area contributed by atoms with E-state index in [1.54, 1.807) is 0 Å². The van der Waals surface area contributed by atoms with Gasteiger partial charge in [-0.05, 0) is 68.7 Å². The molecule has 4 fully saturated rings.